The van der Waals surface area contributed by atoms with Gasteiger partial charge in [0.05, 0.1) is 5.69 Å². The molecule has 0 saturated carbocycles. The van der Waals surface area contributed by atoms with Crippen molar-refractivity contribution >= 4 is 44.9 Å². The number of carbonyl (C=O) groups excluding carboxylic acids is 2. The molecule has 4 nitrogen and oxygen atoms in total. The first-order chi connectivity index (χ1) is 8.11. The van der Waals surface area contributed by atoms with E-state index in [0.717, 1.165) is 0 Å². The molecule has 0 aliphatic carbocycles. The maximum absolute atomic E-state index is 11.8. The van der Waals surface area contributed by atoms with Crippen molar-refractivity contribution in [2.45, 2.75) is 6.42 Å². The van der Waals surface area contributed by atoms with Crippen LogP contribution < -0.4 is 10.1 Å². The molecule has 90 valence electrons. The summed E-state index contributed by atoms with van der Waals surface area (Å²) in [4.78, 5) is 22.9. The molecule has 0 radical (unpaired) electrons. The average Bonchev–Trinajstić information content (AvgIpc) is 2.28. The zero-order chi connectivity index (χ0) is 12.4. The van der Waals surface area contributed by atoms with Gasteiger partial charge in [0.15, 0.2) is 12.4 Å². The summed E-state index contributed by atoms with van der Waals surface area (Å²) in [6.07, 6.45) is 0.269. The molecule has 0 bridgehead atoms. The second-order valence-electron chi connectivity index (χ2n) is 3.53. The summed E-state index contributed by atoms with van der Waals surface area (Å²) in [5, 5.41) is 2.67. The molecular formula is C11H9BrClNO3. The molecule has 1 aliphatic heterocycles. The summed E-state index contributed by atoms with van der Waals surface area (Å²) in [5.74, 6) is 0.519. The van der Waals surface area contributed by atoms with Crippen molar-refractivity contribution in [3.63, 3.8) is 0 Å². The second kappa shape index (κ2) is 5.06. The van der Waals surface area contributed by atoms with Crippen molar-refractivity contribution in [3.8, 4) is 5.75 Å². The lowest BCUT2D eigenvalue weighted by Gasteiger charge is -2.19. The van der Waals surface area contributed by atoms with Crippen LogP contribution in [0.2, 0.25) is 0 Å². The Morgan fingerprint density at radius 1 is 1.53 bits per heavy atom. The normalized spacial score (nSPS) is 13.6. The highest BCUT2D eigenvalue weighted by molar-refractivity contribution is 9.10. The lowest BCUT2D eigenvalue weighted by atomic mass is 10.1. The number of ketones is 1. The highest BCUT2D eigenvalue weighted by Crippen LogP contribution is 2.34. The molecule has 0 atom stereocenters. The molecule has 0 aromatic heterocycles. The van der Waals surface area contributed by atoms with Crippen LogP contribution in [0.5, 0.6) is 5.75 Å². The second-order valence-corrected chi connectivity index (χ2v) is 4.76. The molecule has 0 fully saturated rings. The molecule has 1 aliphatic rings. The van der Waals surface area contributed by atoms with Gasteiger partial charge in [-0.15, -0.1) is 11.6 Å². The smallest absolute Gasteiger partial charge is 0.262 e. The zero-order valence-corrected chi connectivity index (χ0v) is 11.1. The van der Waals surface area contributed by atoms with Gasteiger partial charge in [-0.25, -0.2) is 0 Å². The standard InChI is InChI=1S/C11H9BrClNO3/c12-7-4-8-10(17-5-11(16)14-8)3-6(7)9(15)1-2-13/h3-4H,1-2,5H2,(H,14,16). The molecule has 1 N–H and O–H groups in total. The quantitative estimate of drug-likeness (QED) is 0.688. The molecule has 17 heavy (non-hydrogen) atoms. The number of carbonyl (C=O) groups is 2. The van der Waals surface area contributed by atoms with E-state index in [4.69, 9.17) is 16.3 Å². The highest BCUT2D eigenvalue weighted by Gasteiger charge is 2.20. The molecule has 1 aromatic rings. The number of ether oxygens (including phenoxy) is 1. The third-order valence-electron chi connectivity index (χ3n) is 2.32. The van der Waals surface area contributed by atoms with E-state index in [1.54, 1.807) is 12.1 Å². The predicted octanol–water partition coefficient (Wildman–Crippen LogP) is 2.59. The monoisotopic (exact) mass is 317 g/mol. The number of fused-ring (bicyclic) bond motifs is 1. The van der Waals surface area contributed by atoms with Gasteiger partial charge >= 0.3 is 0 Å². The maximum atomic E-state index is 11.8. The first-order valence-electron chi connectivity index (χ1n) is 4.97. The summed E-state index contributed by atoms with van der Waals surface area (Å²) in [5.41, 5.74) is 1.08. The van der Waals surface area contributed by atoms with Crippen molar-refractivity contribution in [2.24, 2.45) is 0 Å². The van der Waals surface area contributed by atoms with Crippen LogP contribution in [-0.4, -0.2) is 24.2 Å². The fourth-order valence-electron chi connectivity index (χ4n) is 1.53. The Labute approximate surface area is 111 Å². The van der Waals surface area contributed by atoms with E-state index < -0.39 is 0 Å². The number of alkyl halides is 1. The van der Waals surface area contributed by atoms with Crippen molar-refractivity contribution < 1.29 is 14.3 Å². The van der Waals surface area contributed by atoms with E-state index in [2.05, 4.69) is 21.2 Å². The van der Waals surface area contributed by atoms with Crippen LogP contribution >= 0.6 is 27.5 Å². The van der Waals surface area contributed by atoms with Crippen molar-refractivity contribution in [2.75, 3.05) is 17.8 Å². The number of amides is 1. The SMILES string of the molecule is O=C1COc2cc(C(=O)CCCl)c(Br)cc2N1. The van der Waals surface area contributed by atoms with Gasteiger partial charge in [-0.3, -0.25) is 9.59 Å². The highest BCUT2D eigenvalue weighted by atomic mass is 79.9. The van der Waals surface area contributed by atoms with Gasteiger partial charge in [-0.05, 0) is 28.1 Å². The van der Waals surface area contributed by atoms with Crippen LogP contribution in [0.25, 0.3) is 0 Å². The summed E-state index contributed by atoms with van der Waals surface area (Å²) in [7, 11) is 0. The lowest BCUT2D eigenvalue weighted by Crippen LogP contribution is -2.25. The Bertz CT molecular complexity index is 490. The van der Waals surface area contributed by atoms with E-state index in [9.17, 15) is 9.59 Å². The van der Waals surface area contributed by atoms with E-state index in [0.29, 0.717) is 21.5 Å². The largest absolute Gasteiger partial charge is 0.482 e. The van der Waals surface area contributed by atoms with Gasteiger partial charge in [0, 0.05) is 22.3 Å². The summed E-state index contributed by atoms with van der Waals surface area (Å²) < 4.78 is 5.86. The Kier molecular flexibility index (Phi) is 3.69. The molecule has 0 unspecified atom stereocenters. The third kappa shape index (κ3) is 2.61. The number of halogens is 2. The number of benzene rings is 1. The molecule has 1 aromatic carbocycles. The Hall–Kier alpha value is -1.07. The van der Waals surface area contributed by atoms with Gasteiger partial charge < -0.3 is 10.1 Å². The van der Waals surface area contributed by atoms with E-state index in [1.807, 2.05) is 0 Å². The average molecular weight is 319 g/mol. The van der Waals surface area contributed by atoms with E-state index >= 15 is 0 Å². The van der Waals surface area contributed by atoms with Gasteiger partial charge in [-0.2, -0.15) is 0 Å². The minimum absolute atomic E-state index is 0.0300. The molecular weight excluding hydrogens is 309 g/mol. The fourth-order valence-corrected chi connectivity index (χ4v) is 2.27. The number of rotatable bonds is 3. The lowest BCUT2D eigenvalue weighted by molar-refractivity contribution is -0.118. The minimum atomic E-state index is -0.204. The first kappa shape index (κ1) is 12.4. The van der Waals surface area contributed by atoms with Gasteiger partial charge in [0.25, 0.3) is 5.91 Å². The topological polar surface area (TPSA) is 55.4 Å². The zero-order valence-electron chi connectivity index (χ0n) is 8.76. The van der Waals surface area contributed by atoms with E-state index in [-0.39, 0.29) is 30.6 Å². The van der Waals surface area contributed by atoms with Crippen molar-refractivity contribution in [3.05, 3.63) is 22.2 Å². The van der Waals surface area contributed by atoms with Crippen molar-refractivity contribution in [1.29, 1.82) is 0 Å². The number of hydrogen-bond acceptors (Lipinski definition) is 3. The summed E-state index contributed by atoms with van der Waals surface area (Å²) >= 11 is 8.83. The first-order valence-corrected chi connectivity index (χ1v) is 6.30. The Morgan fingerprint density at radius 3 is 3.00 bits per heavy atom. The minimum Gasteiger partial charge on any atom is -0.482 e. The van der Waals surface area contributed by atoms with Crippen LogP contribution in [0.4, 0.5) is 5.69 Å². The number of anilines is 1. The van der Waals surface area contributed by atoms with Crippen LogP contribution in [-0.2, 0) is 4.79 Å². The number of Topliss-reactive ketones (excluding diaryl/α,β-unsaturated/α-hetero) is 1. The molecule has 0 spiro atoms. The Balaban J connectivity index is 2.37. The summed E-state index contributed by atoms with van der Waals surface area (Å²) in [6.45, 7) is -0.0300. The van der Waals surface area contributed by atoms with Gasteiger partial charge in [0.2, 0.25) is 0 Å². The molecule has 1 heterocycles. The van der Waals surface area contributed by atoms with Crippen LogP contribution in [0.3, 0.4) is 0 Å². The van der Waals surface area contributed by atoms with Crippen molar-refractivity contribution in [1.82, 2.24) is 0 Å². The number of nitrogens with one attached hydrogen (secondary N) is 1. The Morgan fingerprint density at radius 2 is 2.29 bits per heavy atom. The summed E-state index contributed by atoms with van der Waals surface area (Å²) in [6, 6.07) is 3.28. The third-order valence-corrected chi connectivity index (χ3v) is 3.17. The van der Waals surface area contributed by atoms with Gasteiger partial charge in [-0.1, -0.05) is 0 Å². The molecule has 2 rings (SSSR count). The molecule has 0 saturated heterocycles. The van der Waals surface area contributed by atoms with Crippen LogP contribution in [0, 0.1) is 0 Å². The van der Waals surface area contributed by atoms with Gasteiger partial charge in [0.1, 0.15) is 5.75 Å². The molecule has 6 heteroatoms. The fraction of sp³-hybridized carbons (Fsp3) is 0.273. The predicted molar refractivity (Wildman–Crippen MR) is 67.9 cm³/mol. The van der Waals surface area contributed by atoms with Crippen LogP contribution in [0.1, 0.15) is 16.8 Å². The maximum Gasteiger partial charge on any atom is 0.262 e. The van der Waals surface area contributed by atoms with E-state index in [1.165, 1.54) is 0 Å². The number of hydrogen-bond donors (Lipinski definition) is 1. The van der Waals surface area contributed by atoms with Crippen LogP contribution in [0.15, 0.2) is 16.6 Å². The molecule has 1 amide bonds.